The van der Waals surface area contributed by atoms with Gasteiger partial charge in [-0.1, -0.05) is 13.8 Å². The Hall–Kier alpha value is -1.18. The van der Waals surface area contributed by atoms with E-state index in [2.05, 4.69) is 4.90 Å². The van der Waals surface area contributed by atoms with Crippen molar-refractivity contribution < 1.29 is 12.8 Å². The summed E-state index contributed by atoms with van der Waals surface area (Å²) in [5.74, 6) is -0.263. The van der Waals surface area contributed by atoms with E-state index in [-0.39, 0.29) is 5.82 Å². The third kappa shape index (κ3) is 3.53. The molecule has 0 radical (unpaired) electrons. The number of nitrogens with zero attached hydrogens (tertiary/aromatic N) is 3. The van der Waals surface area contributed by atoms with Gasteiger partial charge in [-0.25, -0.2) is 4.39 Å². The lowest BCUT2D eigenvalue weighted by molar-refractivity contribution is 0.334. The summed E-state index contributed by atoms with van der Waals surface area (Å²) in [7, 11) is -3.36. The molecule has 0 saturated carbocycles. The van der Waals surface area contributed by atoms with Crippen LogP contribution in [0.25, 0.3) is 0 Å². The minimum absolute atomic E-state index is 0.263. The number of benzene rings is 1. The van der Waals surface area contributed by atoms with Gasteiger partial charge in [0.2, 0.25) is 0 Å². The molecule has 0 aliphatic carbocycles. The third-order valence-corrected chi connectivity index (χ3v) is 5.98. The van der Waals surface area contributed by atoms with E-state index in [0.29, 0.717) is 39.3 Å². The summed E-state index contributed by atoms with van der Waals surface area (Å²) in [5, 5.41) is 0. The smallest absolute Gasteiger partial charge is 0.282 e. The quantitative estimate of drug-likeness (QED) is 0.828. The highest BCUT2D eigenvalue weighted by Gasteiger charge is 2.30. The molecule has 2 rings (SSSR count). The first-order chi connectivity index (χ1) is 9.98. The van der Waals surface area contributed by atoms with Gasteiger partial charge in [0.1, 0.15) is 5.82 Å². The standard InChI is InChI=1S/C14H22FN3O2S/c1-3-17(4-2)21(19,20)18-11-9-16(10-12-18)14-7-5-13(15)6-8-14/h5-8H,3-4,9-12H2,1-2H3. The maximum Gasteiger partial charge on any atom is 0.282 e. The molecule has 0 bridgehead atoms. The molecule has 1 aromatic carbocycles. The van der Waals surface area contributed by atoms with Crippen molar-refractivity contribution in [3.8, 4) is 0 Å². The first-order valence-corrected chi connectivity index (χ1v) is 8.64. The van der Waals surface area contributed by atoms with E-state index in [0.717, 1.165) is 5.69 Å². The van der Waals surface area contributed by atoms with Crippen LogP contribution in [0.1, 0.15) is 13.8 Å². The van der Waals surface area contributed by atoms with Crippen LogP contribution in [0.15, 0.2) is 24.3 Å². The van der Waals surface area contributed by atoms with Crippen molar-refractivity contribution in [3.63, 3.8) is 0 Å². The van der Waals surface area contributed by atoms with Crippen LogP contribution in [-0.4, -0.2) is 56.3 Å². The van der Waals surface area contributed by atoms with Gasteiger partial charge in [0, 0.05) is 45.0 Å². The van der Waals surface area contributed by atoms with Crippen molar-refractivity contribution in [2.75, 3.05) is 44.2 Å². The van der Waals surface area contributed by atoms with Crippen LogP contribution in [0.2, 0.25) is 0 Å². The van der Waals surface area contributed by atoms with Crippen molar-refractivity contribution in [3.05, 3.63) is 30.1 Å². The molecule has 5 nitrogen and oxygen atoms in total. The zero-order valence-electron chi connectivity index (χ0n) is 12.5. The average molecular weight is 315 g/mol. The Kier molecular flexibility index (Phi) is 5.18. The van der Waals surface area contributed by atoms with E-state index < -0.39 is 10.2 Å². The van der Waals surface area contributed by atoms with Crippen LogP contribution in [0, 0.1) is 5.82 Å². The molecule has 0 spiro atoms. The van der Waals surface area contributed by atoms with Gasteiger partial charge in [0.25, 0.3) is 10.2 Å². The zero-order chi connectivity index (χ0) is 15.5. The molecular formula is C14H22FN3O2S. The van der Waals surface area contributed by atoms with Crippen LogP contribution >= 0.6 is 0 Å². The van der Waals surface area contributed by atoms with Gasteiger partial charge in [-0.2, -0.15) is 17.0 Å². The predicted molar refractivity (Wildman–Crippen MR) is 82.0 cm³/mol. The minimum atomic E-state index is -3.36. The summed E-state index contributed by atoms with van der Waals surface area (Å²) in [4.78, 5) is 2.08. The lowest BCUT2D eigenvalue weighted by atomic mass is 10.2. The van der Waals surface area contributed by atoms with Crippen LogP contribution in [-0.2, 0) is 10.2 Å². The van der Waals surface area contributed by atoms with Gasteiger partial charge in [-0.3, -0.25) is 0 Å². The Balaban J connectivity index is 2.01. The number of hydrogen-bond acceptors (Lipinski definition) is 3. The molecule has 1 aliphatic rings. The molecule has 0 amide bonds. The fourth-order valence-electron chi connectivity index (χ4n) is 2.54. The number of anilines is 1. The molecule has 1 aliphatic heterocycles. The number of rotatable bonds is 5. The van der Waals surface area contributed by atoms with Crippen molar-refractivity contribution >= 4 is 15.9 Å². The molecule has 1 fully saturated rings. The van der Waals surface area contributed by atoms with Gasteiger partial charge in [0.05, 0.1) is 0 Å². The van der Waals surface area contributed by atoms with E-state index >= 15 is 0 Å². The fraction of sp³-hybridized carbons (Fsp3) is 0.571. The van der Waals surface area contributed by atoms with E-state index in [9.17, 15) is 12.8 Å². The summed E-state index contributed by atoms with van der Waals surface area (Å²) in [5.41, 5.74) is 0.927. The van der Waals surface area contributed by atoms with Crippen LogP contribution in [0.3, 0.4) is 0 Å². The summed E-state index contributed by atoms with van der Waals surface area (Å²) < 4.78 is 40.8. The van der Waals surface area contributed by atoms with Crippen molar-refractivity contribution in [2.24, 2.45) is 0 Å². The summed E-state index contributed by atoms with van der Waals surface area (Å²) in [6.45, 7) is 6.80. The second kappa shape index (κ2) is 6.72. The molecule has 1 saturated heterocycles. The predicted octanol–water partition coefficient (Wildman–Crippen LogP) is 1.53. The van der Waals surface area contributed by atoms with Crippen LogP contribution in [0.4, 0.5) is 10.1 Å². The number of halogens is 1. The lowest BCUT2D eigenvalue weighted by Gasteiger charge is -2.37. The van der Waals surface area contributed by atoms with Gasteiger partial charge in [0.15, 0.2) is 0 Å². The van der Waals surface area contributed by atoms with E-state index in [1.165, 1.54) is 20.7 Å². The molecule has 1 aromatic rings. The van der Waals surface area contributed by atoms with E-state index in [4.69, 9.17) is 0 Å². The first kappa shape index (κ1) is 16.2. The largest absolute Gasteiger partial charge is 0.369 e. The minimum Gasteiger partial charge on any atom is -0.369 e. The molecule has 0 aromatic heterocycles. The molecule has 118 valence electrons. The highest BCUT2D eigenvalue weighted by molar-refractivity contribution is 7.86. The third-order valence-electron chi connectivity index (χ3n) is 3.79. The molecule has 7 heteroatoms. The van der Waals surface area contributed by atoms with Crippen molar-refractivity contribution in [1.82, 2.24) is 8.61 Å². The molecule has 0 N–H and O–H groups in total. The van der Waals surface area contributed by atoms with Crippen LogP contribution < -0.4 is 4.90 Å². The van der Waals surface area contributed by atoms with Gasteiger partial charge in [-0.15, -0.1) is 0 Å². The van der Waals surface area contributed by atoms with Gasteiger partial charge in [-0.05, 0) is 24.3 Å². The van der Waals surface area contributed by atoms with Gasteiger partial charge >= 0.3 is 0 Å². The normalized spacial score (nSPS) is 17.4. The Morgan fingerprint density at radius 2 is 1.57 bits per heavy atom. The molecular weight excluding hydrogens is 293 g/mol. The van der Waals surface area contributed by atoms with E-state index in [1.54, 1.807) is 12.1 Å². The van der Waals surface area contributed by atoms with Crippen molar-refractivity contribution in [2.45, 2.75) is 13.8 Å². The Morgan fingerprint density at radius 3 is 2.05 bits per heavy atom. The zero-order valence-corrected chi connectivity index (χ0v) is 13.3. The van der Waals surface area contributed by atoms with Crippen molar-refractivity contribution in [1.29, 1.82) is 0 Å². The Bertz CT molecular complexity index is 550. The average Bonchev–Trinajstić information content (AvgIpc) is 2.49. The monoisotopic (exact) mass is 315 g/mol. The Labute approximate surface area is 126 Å². The first-order valence-electron chi connectivity index (χ1n) is 7.24. The van der Waals surface area contributed by atoms with Crippen LogP contribution in [0.5, 0.6) is 0 Å². The summed E-state index contributed by atoms with van der Waals surface area (Å²) in [6.07, 6.45) is 0. The summed E-state index contributed by atoms with van der Waals surface area (Å²) >= 11 is 0. The topological polar surface area (TPSA) is 43.9 Å². The van der Waals surface area contributed by atoms with E-state index in [1.807, 2.05) is 13.8 Å². The summed E-state index contributed by atoms with van der Waals surface area (Å²) in [6, 6.07) is 6.30. The lowest BCUT2D eigenvalue weighted by Crippen LogP contribution is -2.53. The highest BCUT2D eigenvalue weighted by Crippen LogP contribution is 2.19. The highest BCUT2D eigenvalue weighted by atomic mass is 32.2. The SMILES string of the molecule is CCN(CC)S(=O)(=O)N1CCN(c2ccc(F)cc2)CC1. The fourth-order valence-corrected chi connectivity index (χ4v) is 4.15. The second-order valence-corrected chi connectivity index (χ2v) is 6.88. The number of hydrogen-bond donors (Lipinski definition) is 0. The maximum atomic E-state index is 12.9. The molecule has 0 unspecified atom stereocenters. The maximum absolute atomic E-state index is 12.9. The second-order valence-electron chi connectivity index (χ2n) is 4.95. The van der Waals surface area contributed by atoms with Gasteiger partial charge < -0.3 is 4.90 Å². The Morgan fingerprint density at radius 1 is 1.05 bits per heavy atom. The number of piperazine rings is 1. The molecule has 0 atom stereocenters. The molecule has 1 heterocycles. The molecule has 21 heavy (non-hydrogen) atoms.